The highest BCUT2D eigenvalue weighted by Crippen LogP contribution is 1.97. The molecule has 0 fully saturated rings. The summed E-state index contributed by atoms with van der Waals surface area (Å²) in [5, 5.41) is 2.74. The zero-order valence-corrected chi connectivity index (χ0v) is 11.4. The fourth-order valence-electron chi connectivity index (χ4n) is 1.02. The Morgan fingerprint density at radius 1 is 1.33 bits per heavy atom. The summed E-state index contributed by atoms with van der Waals surface area (Å²) in [6.45, 7) is 5.68. The third-order valence-electron chi connectivity index (χ3n) is 2.00. The normalized spacial score (nSPS) is 14.1. The molecule has 1 atom stereocenters. The second-order valence-electron chi connectivity index (χ2n) is 3.45. The second-order valence-corrected chi connectivity index (χ2v) is 6.62. The van der Waals surface area contributed by atoms with Crippen molar-refractivity contribution in [3.63, 3.8) is 0 Å². The minimum absolute atomic E-state index is 0.370. The molecule has 0 rings (SSSR count). The van der Waals surface area contributed by atoms with E-state index < -0.39 is 10.0 Å². The Balaban J connectivity index is 3.86. The van der Waals surface area contributed by atoms with Crippen LogP contribution in [-0.4, -0.2) is 45.3 Å². The van der Waals surface area contributed by atoms with Gasteiger partial charge in [0.15, 0.2) is 0 Å². The first-order chi connectivity index (χ1) is 7.04. The molecule has 0 spiro atoms. The first-order valence-corrected chi connectivity index (χ1v) is 8.16. The topological polar surface area (TPSA) is 58.2 Å². The van der Waals surface area contributed by atoms with Crippen molar-refractivity contribution in [3.8, 4) is 0 Å². The van der Waals surface area contributed by atoms with E-state index in [0.717, 1.165) is 18.7 Å². The molecule has 0 bridgehead atoms. The summed E-state index contributed by atoms with van der Waals surface area (Å²) < 4.78 is 25.9. The molecule has 2 N–H and O–H groups in total. The van der Waals surface area contributed by atoms with Crippen molar-refractivity contribution in [2.45, 2.75) is 25.5 Å². The molecule has 0 aliphatic heterocycles. The Hall–Kier alpha value is 0.220. The summed E-state index contributed by atoms with van der Waals surface area (Å²) in [5.41, 5.74) is 0. The Morgan fingerprint density at radius 3 is 2.53 bits per heavy atom. The third-order valence-corrected chi connectivity index (χ3v) is 4.44. The highest BCUT2D eigenvalue weighted by Gasteiger charge is 2.18. The average molecular weight is 254 g/mol. The Labute approximate surface area is 97.6 Å². The van der Waals surface area contributed by atoms with E-state index in [4.69, 9.17) is 0 Å². The number of thioether (sulfide) groups is 1. The number of hydrogen-bond acceptors (Lipinski definition) is 4. The van der Waals surface area contributed by atoms with E-state index in [2.05, 4.69) is 17.0 Å². The van der Waals surface area contributed by atoms with Crippen LogP contribution < -0.4 is 10.0 Å². The molecule has 0 aliphatic carbocycles. The van der Waals surface area contributed by atoms with Gasteiger partial charge in [-0.15, -0.1) is 0 Å². The molecule has 0 aromatic carbocycles. The summed E-state index contributed by atoms with van der Waals surface area (Å²) >= 11 is 1.63. The van der Waals surface area contributed by atoms with Crippen molar-refractivity contribution in [1.29, 1.82) is 0 Å². The summed E-state index contributed by atoms with van der Waals surface area (Å²) in [5.74, 6) is 0.814. The van der Waals surface area contributed by atoms with Crippen LogP contribution in [-0.2, 0) is 10.0 Å². The SMILES string of the molecule is CCCNCC(C)S(=O)(=O)NCCSC. The van der Waals surface area contributed by atoms with E-state index in [-0.39, 0.29) is 5.25 Å². The summed E-state index contributed by atoms with van der Waals surface area (Å²) in [6, 6.07) is 0. The van der Waals surface area contributed by atoms with E-state index >= 15 is 0 Å². The Bertz CT molecular complexity index is 242. The second kappa shape index (κ2) is 8.38. The standard InChI is InChI=1S/C9H22N2O2S2/c1-4-5-10-8-9(2)15(12,13)11-6-7-14-3/h9-11H,4-8H2,1-3H3. The fourth-order valence-corrected chi connectivity index (χ4v) is 2.46. The van der Waals surface area contributed by atoms with Crippen LogP contribution in [0.5, 0.6) is 0 Å². The van der Waals surface area contributed by atoms with Gasteiger partial charge in [0.25, 0.3) is 0 Å². The Kier molecular flexibility index (Phi) is 8.50. The third kappa shape index (κ3) is 7.16. The smallest absolute Gasteiger partial charge is 0.215 e. The number of sulfonamides is 1. The zero-order valence-electron chi connectivity index (χ0n) is 9.75. The molecule has 6 heteroatoms. The van der Waals surface area contributed by atoms with E-state index in [1.165, 1.54) is 0 Å². The van der Waals surface area contributed by atoms with Gasteiger partial charge < -0.3 is 5.32 Å². The largest absolute Gasteiger partial charge is 0.315 e. The van der Waals surface area contributed by atoms with Gasteiger partial charge in [-0.1, -0.05) is 6.92 Å². The quantitative estimate of drug-likeness (QED) is 0.593. The van der Waals surface area contributed by atoms with Crippen LogP contribution in [0.2, 0.25) is 0 Å². The maximum atomic E-state index is 11.6. The highest BCUT2D eigenvalue weighted by atomic mass is 32.2. The molecule has 0 heterocycles. The fraction of sp³-hybridized carbons (Fsp3) is 1.00. The monoisotopic (exact) mass is 254 g/mol. The van der Waals surface area contributed by atoms with Crippen molar-refractivity contribution < 1.29 is 8.42 Å². The van der Waals surface area contributed by atoms with Crippen LogP contribution in [0.25, 0.3) is 0 Å². The molecule has 0 radical (unpaired) electrons. The predicted octanol–water partition coefficient (Wildman–Crippen LogP) is 0.657. The van der Waals surface area contributed by atoms with Crippen LogP contribution in [0.1, 0.15) is 20.3 Å². The van der Waals surface area contributed by atoms with Gasteiger partial charge >= 0.3 is 0 Å². The van der Waals surface area contributed by atoms with Gasteiger partial charge in [-0.3, -0.25) is 0 Å². The molecule has 0 aromatic heterocycles. The molecule has 0 saturated carbocycles. The van der Waals surface area contributed by atoms with Gasteiger partial charge in [-0.2, -0.15) is 11.8 Å². The van der Waals surface area contributed by atoms with Crippen LogP contribution in [0.4, 0.5) is 0 Å². The molecular formula is C9H22N2O2S2. The first-order valence-electron chi connectivity index (χ1n) is 5.22. The van der Waals surface area contributed by atoms with Crippen molar-refractivity contribution in [2.75, 3.05) is 31.6 Å². The number of nitrogens with one attached hydrogen (secondary N) is 2. The van der Waals surface area contributed by atoms with Crippen molar-refractivity contribution in [2.24, 2.45) is 0 Å². The minimum atomic E-state index is -3.14. The van der Waals surface area contributed by atoms with Crippen LogP contribution in [0.3, 0.4) is 0 Å². The van der Waals surface area contributed by atoms with E-state index in [0.29, 0.717) is 13.1 Å². The number of hydrogen-bond donors (Lipinski definition) is 2. The molecule has 15 heavy (non-hydrogen) atoms. The predicted molar refractivity (Wildman–Crippen MR) is 67.9 cm³/mol. The lowest BCUT2D eigenvalue weighted by atomic mass is 10.4. The van der Waals surface area contributed by atoms with Gasteiger partial charge in [-0.25, -0.2) is 13.1 Å². The summed E-state index contributed by atoms with van der Waals surface area (Å²) in [7, 11) is -3.14. The van der Waals surface area contributed by atoms with Gasteiger partial charge in [0, 0.05) is 18.8 Å². The minimum Gasteiger partial charge on any atom is -0.315 e. The van der Waals surface area contributed by atoms with Gasteiger partial charge in [-0.05, 0) is 26.1 Å². The maximum absolute atomic E-state index is 11.6. The maximum Gasteiger partial charge on any atom is 0.215 e. The molecule has 1 unspecified atom stereocenters. The lowest BCUT2D eigenvalue weighted by molar-refractivity contribution is 0.559. The average Bonchev–Trinajstić information content (AvgIpc) is 2.18. The molecule has 0 aromatic rings. The van der Waals surface area contributed by atoms with Crippen molar-refractivity contribution in [3.05, 3.63) is 0 Å². The lowest BCUT2D eigenvalue weighted by Crippen LogP contribution is -2.39. The van der Waals surface area contributed by atoms with E-state index in [1.807, 2.05) is 6.26 Å². The van der Waals surface area contributed by atoms with Crippen molar-refractivity contribution >= 4 is 21.8 Å². The van der Waals surface area contributed by atoms with Crippen molar-refractivity contribution in [1.82, 2.24) is 10.0 Å². The zero-order chi connectivity index (χ0) is 11.7. The van der Waals surface area contributed by atoms with Crippen LogP contribution >= 0.6 is 11.8 Å². The highest BCUT2D eigenvalue weighted by molar-refractivity contribution is 7.98. The Morgan fingerprint density at radius 2 is 2.00 bits per heavy atom. The molecule has 0 saturated heterocycles. The molecule has 0 aliphatic rings. The van der Waals surface area contributed by atoms with Gasteiger partial charge in [0.2, 0.25) is 10.0 Å². The van der Waals surface area contributed by atoms with E-state index in [9.17, 15) is 8.42 Å². The molecule has 92 valence electrons. The first kappa shape index (κ1) is 15.2. The molecule has 0 amide bonds. The van der Waals surface area contributed by atoms with Crippen LogP contribution in [0.15, 0.2) is 0 Å². The summed E-state index contributed by atoms with van der Waals surface area (Å²) in [4.78, 5) is 0. The van der Waals surface area contributed by atoms with E-state index in [1.54, 1.807) is 18.7 Å². The number of rotatable bonds is 9. The van der Waals surface area contributed by atoms with Crippen LogP contribution in [0, 0.1) is 0 Å². The molecular weight excluding hydrogens is 232 g/mol. The lowest BCUT2D eigenvalue weighted by Gasteiger charge is -2.14. The van der Waals surface area contributed by atoms with Gasteiger partial charge in [0.1, 0.15) is 0 Å². The molecule has 4 nitrogen and oxygen atoms in total. The van der Waals surface area contributed by atoms with Gasteiger partial charge in [0.05, 0.1) is 5.25 Å². The summed E-state index contributed by atoms with van der Waals surface area (Å²) in [6.07, 6.45) is 2.98.